The van der Waals surface area contributed by atoms with Crippen LogP contribution >= 0.6 is 0 Å². The Morgan fingerprint density at radius 3 is 2.80 bits per heavy atom. The summed E-state index contributed by atoms with van der Waals surface area (Å²) >= 11 is 0. The summed E-state index contributed by atoms with van der Waals surface area (Å²) in [7, 11) is 2.12. The molecule has 2 nitrogen and oxygen atoms in total. The zero-order valence-corrected chi connectivity index (χ0v) is 9.70. The van der Waals surface area contributed by atoms with Crippen LogP contribution in [0.15, 0.2) is 24.3 Å². The number of hydrogen-bond acceptors (Lipinski definition) is 2. The molecule has 0 amide bonds. The summed E-state index contributed by atoms with van der Waals surface area (Å²) in [5.74, 6) is 0. The van der Waals surface area contributed by atoms with E-state index in [2.05, 4.69) is 37.9 Å². The molecule has 1 aromatic rings. The van der Waals surface area contributed by atoms with Crippen LogP contribution in [0.3, 0.4) is 0 Å². The molecule has 0 heterocycles. The molecule has 1 unspecified atom stereocenters. The Hall–Kier alpha value is -1.33. The van der Waals surface area contributed by atoms with Crippen LogP contribution in [0.2, 0.25) is 0 Å². The highest BCUT2D eigenvalue weighted by atomic mass is 15.1. The summed E-state index contributed by atoms with van der Waals surface area (Å²) in [6, 6.07) is 10.6. The number of nitrogens with zero attached hydrogens (tertiary/aromatic N) is 2. The smallest absolute Gasteiger partial charge is 0.0991 e. The molecule has 80 valence electrons. The quantitative estimate of drug-likeness (QED) is 0.750. The molecule has 0 radical (unpaired) electrons. The van der Waals surface area contributed by atoms with Gasteiger partial charge in [-0.25, -0.2) is 0 Å². The molecular weight excluding hydrogens is 184 g/mol. The molecule has 0 fully saturated rings. The Morgan fingerprint density at radius 1 is 1.47 bits per heavy atom. The maximum absolute atomic E-state index is 8.79. The Bertz CT molecular complexity index is 352. The zero-order chi connectivity index (χ0) is 11.3. The van der Waals surface area contributed by atoms with Crippen LogP contribution in [0, 0.1) is 11.3 Å². The molecule has 0 aliphatic carbocycles. The van der Waals surface area contributed by atoms with Crippen molar-refractivity contribution in [1.82, 2.24) is 4.90 Å². The lowest BCUT2D eigenvalue weighted by Crippen LogP contribution is -2.27. The van der Waals surface area contributed by atoms with E-state index in [1.807, 2.05) is 18.2 Å². The topological polar surface area (TPSA) is 27.0 Å². The first-order chi connectivity index (χ1) is 7.17. The van der Waals surface area contributed by atoms with Gasteiger partial charge in [-0.2, -0.15) is 5.26 Å². The highest BCUT2D eigenvalue weighted by Crippen LogP contribution is 2.09. The highest BCUT2D eigenvalue weighted by molar-refractivity contribution is 5.32. The van der Waals surface area contributed by atoms with Gasteiger partial charge in [-0.3, -0.25) is 4.90 Å². The second kappa shape index (κ2) is 5.53. The predicted octanol–water partition coefficient (Wildman–Crippen LogP) is 2.79. The first-order valence-corrected chi connectivity index (χ1v) is 5.36. The molecule has 1 rings (SSSR count). The molecule has 1 atom stereocenters. The Kier molecular flexibility index (Phi) is 4.33. The zero-order valence-electron chi connectivity index (χ0n) is 9.70. The third-order valence-corrected chi connectivity index (χ3v) is 2.83. The Balaban J connectivity index is 2.68. The van der Waals surface area contributed by atoms with E-state index in [4.69, 9.17) is 5.26 Å². The molecule has 0 bridgehead atoms. The summed E-state index contributed by atoms with van der Waals surface area (Å²) in [6.07, 6.45) is 1.15. The number of benzene rings is 1. The first-order valence-electron chi connectivity index (χ1n) is 5.36. The van der Waals surface area contributed by atoms with Crippen LogP contribution in [0.4, 0.5) is 0 Å². The van der Waals surface area contributed by atoms with E-state index in [1.165, 1.54) is 5.56 Å². The van der Waals surface area contributed by atoms with Crippen molar-refractivity contribution >= 4 is 0 Å². The summed E-state index contributed by atoms with van der Waals surface area (Å²) < 4.78 is 0. The molecule has 1 aromatic carbocycles. The van der Waals surface area contributed by atoms with E-state index < -0.39 is 0 Å². The average molecular weight is 202 g/mol. The van der Waals surface area contributed by atoms with Gasteiger partial charge in [0.15, 0.2) is 0 Å². The van der Waals surface area contributed by atoms with Gasteiger partial charge in [-0.1, -0.05) is 19.1 Å². The maximum Gasteiger partial charge on any atom is 0.0991 e. The lowest BCUT2D eigenvalue weighted by molar-refractivity contribution is 0.244. The van der Waals surface area contributed by atoms with Crippen molar-refractivity contribution in [3.05, 3.63) is 35.4 Å². The van der Waals surface area contributed by atoms with Crippen molar-refractivity contribution in [2.75, 3.05) is 7.05 Å². The molecule has 2 heteroatoms. The van der Waals surface area contributed by atoms with Crippen molar-refractivity contribution in [3.63, 3.8) is 0 Å². The summed E-state index contributed by atoms with van der Waals surface area (Å²) in [4.78, 5) is 2.30. The monoisotopic (exact) mass is 202 g/mol. The fourth-order valence-electron chi connectivity index (χ4n) is 1.49. The van der Waals surface area contributed by atoms with E-state index in [1.54, 1.807) is 0 Å². The minimum Gasteiger partial charge on any atom is -0.299 e. The minimum atomic E-state index is 0.579. The van der Waals surface area contributed by atoms with E-state index >= 15 is 0 Å². The van der Waals surface area contributed by atoms with E-state index in [0.717, 1.165) is 18.5 Å². The SMILES string of the molecule is CCC(C)N(C)Cc1cccc(C#N)c1. The van der Waals surface area contributed by atoms with Gasteiger partial charge in [0.1, 0.15) is 0 Å². The Morgan fingerprint density at radius 2 is 2.20 bits per heavy atom. The van der Waals surface area contributed by atoms with Crippen LogP contribution in [-0.4, -0.2) is 18.0 Å². The second-order valence-electron chi connectivity index (χ2n) is 3.98. The molecule has 0 aliphatic heterocycles. The molecule has 0 N–H and O–H groups in total. The first kappa shape index (κ1) is 11.7. The third kappa shape index (κ3) is 3.38. The molecular formula is C13H18N2. The van der Waals surface area contributed by atoms with E-state index in [9.17, 15) is 0 Å². The van der Waals surface area contributed by atoms with Crippen LogP contribution in [0.5, 0.6) is 0 Å². The second-order valence-corrected chi connectivity index (χ2v) is 3.98. The standard InChI is InChI=1S/C13H18N2/c1-4-11(2)15(3)10-13-7-5-6-12(8-13)9-14/h5-8,11H,4,10H2,1-3H3. The molecule has 0 aliphatic rings. The molecule has 0 saturated carbocycles. The van der Waals surface area contributed by atoms with Gasteiger partial charge in [0.05, 0.1) is 11.6 Å². The van der Waals surface area contributed by atoms with Crippen LogP contribution in [0.25, 0.3) is 0 Å². The van der Waals surface area contributed by atoms with Gasteiger partial charge in [-0.05, 0) is 38.1 Å². The molecule has 0 aromatic heterocycles. The molecule has 0 saturated heterocycles. The fraction of sp³-hybridized carbons (Fsp3) is 0.462. The van der Waals surface area contributed by atoms with Gasteiger partial charge >= 0.3 is 0 Å². The van der Waals surface area contributed by atoms with Gasteiger partial charge < -0.3 is 0 Å². The summed E-state index contributed by atoms with van der Waals surface area (Å²) in [6.45, 7) is 5.31. The van der Waals surface area contributed by atoms with Gasteiger partial charge in [-0.15, -0.1) is 0 Å². The van der Waals surface area contributed by atoms with Crippen molar-refractivity contribution in [2.45, 2.75) is 32.9 Å². The van der Waals surface area contributed by atoms with Crippen LogP contribution < -0.4 is 0 Å². The highest BCUT2D eigenvalue weighted by Gasteiger charge is 2.07. The Labute approximate surface area is 92.1 Å². The van der Waals surface area contributed by atoms with Crippen LogP contribution in [-0.2, 0) is 6.54 Å². The fourth-order valence-corrected chi connectivity index (χ4v) is 1.49. The van der Waals surface area contributed by atoms with Gasteiger partial charge in [0.25, 0.3) is 0 Å². The largest absolute Gasteiger partial charge is 0.299 e. The summed E-state index contributed by atoms with van der Waals surface area (Å²) in [5.41, 5.74) is 1.95. The molecule has 0 spiro atoms. The van der Waals surface area contributed by atoms with E-state index in [0.29, 0.717) is 6.04 Å². The normalized spacial score (nSPS) is 12.5. The van der Waals surface area contributed by atoms with Crippen LogP contribution in [0.1, 0.15) is 31.4 Å². The lowest BCUT2D eigenvalue weighted by atomic mass is 10.1. The van der Waals surface area contributed by atoms with Crippen molar-refractivity contribution < 1.29 is 0 Å². The third-order valence-electron chi connectivity index (χ3n) is 2.83. The number of rotatable bonds is 4. The predicted molar refractivity (Wildman–Crippen MR) is 62.4 cm³/mol. The number of nitriles is 1. The lowest BCUT2D eigenvalue weighted by Gasteiger charge is -2.23. The summed E-state index contributed by atoms with van der Waals surface area (Å²) in [5, 5.41) is 8.79. The molecule has 15 heavy (non-hydrogen) atoms. The average Bonchev–Trinajstić information content (AvgIpc) is 2.28. The minimum absolute atomic E-state index is 0.579. The van der Waals surface area contributed by atoms with Gasteiger partial charge in [0.2, 0.25) is 0 Å². The van der Waals surface area contributed by atoms with Crippen molar-refractivity contribution in [2.24, 2.45) is 0 Å². The van der Waals surface area contributed by atoms with E-state index in [-0.39, 0.29) is 0 Å². The van der Waals surface area contributed by atoms with Crippen molar-refractivity contribution in [3.8, 4) is 6.07 Å². The number of hydrogen-bond donors (Lipinski definition) is 0. The maximum atomic E-state index is 8.79. The van der Waals surface area contributed by atoms with Crippen molar-refractivity contribution in [1.29, 1.82) is 5.26 Å². The van der Waals surface area contributed by atoms with Gasteiger partial charge in [0, 0.05) is 12.6 Å².